The van der Waals surface area contributed by atoms with Crippen LogP contribution in [0.15, 0.2) is 29.3 Å². The van der Waals surface area contributed by atoms with Crippen LogP contribution in [0.25, 0.3) is 0 Å². The molecule has 1 aliphatic rings. The summed E-state index contributed by atoms with van der Waals surface area (Å²) in [7, 11) is 0. The molecule has 0 aliphatic carbocycles. The highest BCUT2D eigenvalue weighted by atomic mass is 15.1. The molecule has 2 rings (SSSR count). The zero-order valence-electron chi connectivity index (χ0n) is 10.5. The van der Waals surface area contributed by atoms with Crippen LogP contribution in [0.4, 0.5) is 0 Å². The van der Waals surface area contributed by atoms with Crippen LogP contribution in [0.3, 0.4) is 0 Å². The lowest BCUT2D eigenvalue weighted by atomic mass is 9.86. The van der Waals surface area contributed by atoms with E-state index in [9.17, 15) is 0 Å². The zero-order chi connectivity index (χ0) is 11.8. The predicted octanol–water partition coefficient (Wildman–Crippen LogP) is 2.72. The van der Waals surface area contributed by atoms with E-state index in [1.54, 1.807) is 0 Å². The molecule has 1 unspecified atom stereocenters. The lowest BCUT2D eigenvalue weighted by Gasteiger charge is -2.19. The van der Waals surface area contributed by atoms with Gasteiger partial charge in [-0.25, -0.2) is 0 Å². The Morgan fingerprint density at radius 3 is 2.25 bits per heavy atom. The minimum absolute atomic E-state index is 0.219. The highest BCUT2D eigenvalue weighted by Crippen LogP contribution is 2.22. The van der Waals surface area contributed by atoms with Gasteiger partial charge in [-0.1, -0.05) is 45.0 Å². The number of hydrogen-bond acceptors (Lipinski definition) is 2. The van der Waals surface area contributed by atoms with Gasteiger partial charge >= 0.3 is 0 Å². The maximum absolute atomic E-state index is 4.48. The quantitative estimate of drug-likeness (QED) is 0.767. The number of hydrogen-bond donors (Lipinski definition) is 1. The van der Waals surface area contributed by atoms with Crippen molar-refractivity contribution in [3.05, 3.63) is 35.4 Å². The summed E-state index contributed by atoms with van der Waals surface area (Å²) in [6.45, 7) is 9.73. The van der Waals surface area contributed by atoms with Gasteiger partial charge in [-0.2, -0.15) is 0 Å². The summed E-state index contributed by atoms with van der Waals surface area (Å²) in [5.41, 5.74) is 2.77. The summed E-state index contributed by atoms with van der Waals surface area (Å²) >= 11 is 0. The number of aliphatic imine (C=N–C) groups is 1. The van der Waals surface area contributed by atoms with Crippen LogP contribution in [-0.2, 0) is 5.41 Å². The first kappa shape index (κ1) is 11.2. The summed E-state index contributed by atoms with van der Waals surface area (Å²) in [6, 6.07) is 9.18. The fraction of sp³-hybridized carbons (Fsp3) is 0.500. The van der Waals surface area contributed by atoms with E-state index in [-0.39, 0.29) is 5.41 Å². The van der Waals surface area contributed by atoms with Crippen molar-refractivity contribution in [1.82, 2.24) is 5.32 Å². The number of nitrogens with one attached hydrogen (secondary N) is 1. The van der Waals surface area contributed by atoms with Crippen molar-refractivity contribution >= 4 is 5.84 Å². The molecular weight excluding hydrogens is 196 g/mol. The number of rotatable bonds is 1. The Bertz CT molecular complexity index is 396. The van der Waals surface area contributed by atoms with Crippen LogP contribution >= 0.6 is 0 Å². The minimum Gasteiger partial charge on any atom is -0.366 e. The molecule has 0 amide bonds. The van der Waals surface area contributed by atoms with Crippen molar-refractivity contribution in [2.24, 2.45) is 4.99 Å². The van der Waals surface area contributed by atoms with E-state index in [1.807, 2.05) is 0 Å². The van der Waals surface area contributed by atoms with Crippen LogP contribution in [0.5, 0.6) is 0 Å². The zero-order valence-corrected chi connectivity index (χ0v) is 10.5. The van der Waals surface area contributed by atoms with Gasteiger partial charge in [-0.3, -0.25) is 4.99 Å². The third kappa shape index (κ3) is 2.26. The van der Waals surface area contributed by atoms with Gasteiger partial charge in [0.1, 0.15) is 5.84 Å². The molecule has 0 radical (unpaired) electrons. The van der Waals surface area contributed by atoms with Gasteiger partial charge in [0.05, 0.1) is 6.54 Å². The molecule has 2 nitrogen and oxygen atoms in total. The second-order valence-electron chi connectivity index (χ2n) is 5.56. The molecule has 86 valence electrons. The third-order valence-corrected chi connectivity index (χ3v) is 2.93. The van der Waals surface area contributed by atoms with E-state index in [0.717, 1.165) is 12.4 Å². The molecule has 1 heterocycles. The average molecular weight is 216 g/mol. The van der Waals surface area contributed by atoms with Gasteiger partial charge in [0.25, 0.3) is 0 Å². The van der Waals surface area contributed by atoms with Crippen LogP contribution in [-0.4, -0.2) is 18.4 Å². The minimum atomic E-state index is 0.219. The molecular formula is C14H20N2. The number of amidine groups is 1. The molecule has 0 saturated carbocycles. The standard InChI is InChI=1S/C14H20N2/c1-10-9-15-13(16-10)11-5-7-12(8-6-11)14(2,3)4/h5-8,10H,9H2,1-4H3,(H,15,16). The van der Waals surface area contributed by atoms with Gasteiger partial charge in [0, 0.05) is 11.6 Å². The molecule has 0 bridgehead atoms. The molecule has 2 heteroatoms. The van der Waals surface area contributed by atoms with Gasteiger partial charge in [0.2, 0.25) is 0 Å². The van der Waals surface area contributed by atoms with E-state index in [2.05, 4.69) is 62.3 Å². The van der Waals surface area contributed by atoms with E-state index >= 15 is 0 Å². The fourth-order valence-corrected chi connectivity index (χ4v) is 1.86. The van der Waals surface area contributed by atoms with E-state index in [0.29, 0.717) is 6.04 Å². The molecule has 0 aromatic heterocycles. The third-order valence-electron chi connectivity index (χ3n) is 2.93. The second-order valence-corrected chi connectivity index (χ2v) is 5.56. The van der Waals surface area contributed by atoms with Crippen LogP contribution in [0.1, 0.15) is 38.8 Å². The summed E-state index contributed by atoms with van der Waals surface area (Å²) in [5.74, 6) is 1.04. The van der Waals surface area contributed by atoms with Gasteiger partial charge in [0.15, 0.2) is 0 Å². The summed E-state index contributed by atoms with van der Waals surface area (Å²) in [6.07, 6.45) is 0. The first-order valence-corrected chi connectivity index (χ1v) is 5.89. The van der Waals surface area contributed by atoms with Crippen molar-refractivity contribution in [3.8, 4) is 0 Å². The lowest BCUT2D eigenvalue weighted by Crippen LogP contribution is -2.27. The van der Waals surface area contributed by atoms with Crippen LogP contribution in [0, 0.1) is 0 Å². The first-order valence-electron chi connectivity index (χ1n) is 5.89. The van der Waals surface area contributed by atoms with Gasteiger partial charge in [-0.15, -0.1) is 0 Å². The van der Waals surface area contributed by atoms with E-state index < -0.39 is 0 Å². The summed E-state index contributed by atoms with van der Waals surface area (Å²) in [4.78, 5) is 4.48. The Morgan fingerprint density at radius 2 is 1.81 bits per heavy atom. The topological polar surface area (TPSA) is 24.4 Å². The SMILES string of the molecule is CC1CN=C(c2ccc(C(C)(C)C)cc2)N1. The average Bonchev–Trinajstić information content (AvgIpc) is 2.64. The van der Waals surface area contributed by atoms with Gasteiger partial charge < -0.3 is 5.32 Å². The predicted molar refractivity (Wildman–Crippen MR) is 69.1 cm³/mol. The molecule has 1 N–H and O–H groups in total. The smallest absolute Gasteiger partial charge is 0.128 e. The van der Waals surface area contributed by atoms with Crippen molar-refractivity contribution < 1.29 is 0 Å². The normalized spacial score (nSPS) is 20.5. The molecule has 0 spiro atoms. The van der Waals surface area contributed by atoms with Crippen molar-refractivity contribution in [1.29, 1.82) is 0 Å². The Morgan fingerprint density at radius 1 is 1.19 bits per heavy atom. The highest BCUT2D eigenvalue weighted by Gasteiger charge is 2.16. The number of nitrogens with zero attached hydrogens (tertiary/aromatic N) is 1. The van der Waals surface area contributed by atoms with Crippen molar-refractivity contribution in [2.75, 3.05) is 6.54 Å². The lowest BCUT2D eigenvalue weighted by molar-refractivity contribution is 0.590. The maximum atomic E-state index is 4.48. The Labute approximate surface area is 97.8 Å². The Kier molecular flexibility index (Phi) is 2.75. The molecule has 16 heavy (non-hydrogen) atoms. The van der Waals surface area contributed by atoms with Crippen LogP contribution < -0.4 is 5.32 Å². The molecule has 1 aliphatic heterocycles. The fourth-order valence-electron chi connectivity index (χ4n) is 1.86. The molecule has 0 fully saturated rings. The summed E-state index contributed by atoms with van der Waals surface area (Å²) < 4.78 is 0. The van der Waals surface area contributed by atoms with E-state index in [4.69, 9.17) is 0 Å². The highest BCUT2D eigenvalue weighted by molar-refractivity contribution is 6.00. The molecule has 1 aromatic carbocycles. The Balaban J connectivity index is 2.20. The van der Waals surface area contributed by atoms with Crippen molar-refractivity contribution in [2.45, 2.75) is 39.2 Å². The summed E-state index contributed by atoms with van der Waals surface area (Å²) in [5, 5.41) is 3.38. The largest absolute Gasteiger partial charge is 0.366 e. The first-order chi connectivity index (χ1) is 7.47. The van der Waals surface area contributed by atoms with Gasteiger partial charge in [-0.05, 0) is 17.9 Å². The number of benzene rings is 1. The second kappa shape index (κ2) is 3.93. The molecule has 1 atom stereocenters. The monoisotopic (exact) mass is 216 g/mol. The Hall–Kier alpha value is -1.31. The molecule has 1 aromatic rings. The maximum Gasteiger partial charge on any atom is 0.128 e. The van der Waals surface area contributed by atoms with Crippen LogP contribution in [0.2, 0.25) is 0 Å². The van der Waals surface area contributed by atoms with E-state index in [1.165, 1.54) is 11.1 Å². The van der Waals surface area contributed by atoms with Crippen molar-refractivity contribution in [3.63, 3.8) is 0 Å². The molecule has 0 saturated heterocycles.